The van der Waals surface area contributed by atoms with Crippen LogP contribution in [0.1, 0.15) is 19.4 Å². The van der Waals surface area contributed by atoms with Crippen molar-refractivity contribution in [2.24, 2.45) is 0 Å². The summed E-state index contributed by atoms with van der Waals surface area (Å²) >= 11 is 0.902. The summed E-state index contributed by atoms with van der Waals surface area (Å²) in [6, 6.07) is 15.9. The lowest BCUT2D eigenvalue weighted by Gasteiger charge is -2.24. The molecule has 154 valence electrons. The lowest BCUT2D eigenvalue weighted by atomic mass is 10.2. The number of oxazole rings is 1. The smallest absolute Gasteiger partial charge is 0.298 e. The van der Waals surface area contributed by atoms with Crippen LogP contribution in [0.4, 0.5) is 10.8 Å². The number of nitrogens with zero attached hydrogens (tertiary/aromatic N) is 2. The van der Waals surface area contributed by atoms with E-state index < -0.39 is 0 Å². The second-order valence-corrected chi connectivity index (χ2v) is 8.04. The zero-order valence-electron chi connectivity index (χ0n) is 16.6. The molecule has 1 saturated heterocycles. The quantitative estimate of drug-likeness (QED) is 0.562. The number of ether oxygens (including phenoxy) is 1. The highest BCUT2D eigenvalue weighted by molar-refractivity contribution is 8.18. The van der Waals surface area contributed by atoms with Crippen molar-refractivity contribution in [1.82, 2.24) is 10.3 Å². The Morgan fingerprint density at radius 2 is 1.93 bits per heavy atom. The van der Waals surface area contributed by atoms with E-state index in [9.17, 15) is 9.59 Å². The number of aromatic nitrogens is 1. The van der Waals surface area contributed by atoms with Gasteiger partial charge in [0.05, 0.1) is 11.4 Å². The summed E-state index contributed by atoms with van der Waals surface area (Å²) in [5, 5.41) is 1.90. The van der Waals surface area contributed by atoms with Crippen molar-refractivity contribution >= 4 is 46.1 Å². The van der Waals surface area contributed by atoms with E-state index in [0.29, 0.717) is 24.1 Å². The molecular weight excluding hydrogens is 402 g/mol. The van der Waals surface area contributed by atoms with Gasteiger partial charge < -0.3 is 14.1 Å². The minimum atomic E-state index is -0.363. The number of anilines is 1. The molecule has 1 aromatic heterocycles. The summed E-state index contributed by atoms with van der Waals surface area (Å²) in [5.74, 6) is 0.358. The van der Waals surface area contributed by atoms with E-state index >= 15 is 0 Å². The second kappa shape index (κ2) is 8.62. The first-order valence-corrected chi connectivity index (χ1v) is 10.4. The van der Waals surface area contributed by atoms with Gasteiger partial charge in [-0.15, -0.1) is 0 Å². The molecule has 2 aromatic carbocycles. The Hall–Kier alpha value is -3.26. The fraction of sp³-hybridized carbons (Fsp3) is 0.227. The Morgan fingerprint density at radius 1 is 1.17 bits per heavy atom. The minimum Gasteiger partial charge on any atom is -0.492 e. The van der Waals surface area contributed by atoms with Crippen LogP contribution in [0, 0.1) is 0 Å². The monoisotopic (exact) mass is 423 g/mol. The van der Waals surface area contributed by atoms with Crippen LogP contribution in [0.5, 0.6) is 5.75 Å². The number of carbonyl (C=O) groups is 2. The molecule has 0 aliphatic carbocycles. The number of amides is 2. The predicted molar refractivity (Wildman–Crippen MR) is 118 cm³/mol. The van der Waals surface area contributed by atoms with Crippen LogP contribution in [0.15, 0.2) is 57.9 Å². The molecule has 0 spiro atoms. The first kappa shape index (κ1) is 20.0. The third kappa shape index (κ3) is 4.49. The number of nitrogens with one attached hydrogen (secondary N) is 1. The molecule has 0 bridgehead atoms. The summed E-state index contributed by atoms with van der Waals surface area (Å²) in [6.45, 7) is 5.25. The lowest BCUT2D eigenvalue weighted by Crippen LogP contribution is -2.34. The highest BCUT2D eigenvalue weighted by Gasteiger charge is 2.24. The summed E-state index contributed by atoms with van der Waals surface area (Å²) < 4.78 is 11.8. The van der Waals surface area contributed by atoms with Gasteiger partial charge >= 0.3 is 0 Å². The van der Waals surface area contributed by atoms with E-state index in [2.05, 4.69) is 29.0 Å². The minimum absolute atomic E-state index is 0.202. The highest BCUT2D eigenvalue weighted by atomic mass is 32.2. The van der Waals surface area contributed by atoms with Crippen LogP contribution in [-0.4, -0.2) is 35.3 Å². The normalized spacial score (nSPS) is 15.2. The second-order valence-electron chi connectivity index (χ2n) is 7.02. The lowest BCUT2D eigenvalue weighted by molar-refractivity contribution is -0.115. The third-order valence-electron chi connectivity index (χ3n) is 4.57. The predicted octanol–water partition coefficient (Wildman–Crippen LogP) is 4.45. The van der Waals surface area contributed by atoms with Gasteiger partial charge in [-0.2, -0.15) is 4.98 Å². The fourth-order valence-electron chi connectivity index (χ4n) is 3.05. The zero-order chi connectivity index (χ0) is 21.1. The number of fused-ring (bicyclic) bond motifs is 1. The average Bonchev–Trinajstić information content (AvgIpc) is 3.28. The van der Waals surface area contributed by atoms with Crippen LogP contribution >= 0.6 is 11.8 Å². The fourth-order valence-corrected chi connectivity index (χ4v) is 3.73. The van der Waals surface area contributed by atoms with Gasteiger partial charge in [0.2, 0.25) is 0 Å². The van der Waals surface area contributed by atoms with E-state index in [0.717, 1.165) is 34.2 Å². The van der Waals surface area contributed by atoms with E-state index in [4.69, 9.17) is 9.15 Å². The number of thioether (sulfide) groups is 1. The van der Waals surface area contributed by atoms with Crippen molar-refractivity contribution in [3.05, 3.63) is 59.0 Å². The van der Waals surface area contributed by atoms with Crippen molar-refractivity contribution < 1.29 is 18.7 Å². The van der Waals surface area contributed by atoms with E-state index in [1.54, 1.807) is 6.08 Å². The number of rotatable bonds is 7. The molecule has 2 amide bonds. The molecule has 1 N–H and O–H groups in total. The Bertz CT molecular complexity index is 1070. The molecule has 7 nitrogen and oxygen atoms in total. The zero-order valence-corrected chi connectivity index (χ0v) is 17.4. The van der Waals surface area contributed by atoms with Crippen molar-refractivity contribution in [3.8, 4) is 5.75 Å². The summed E-state index contributed by atoms with van der Waals surface area (Å²) in [5.41, 5.74) is 2.42. The van der Waals surface area contributed by atoms with Gasteiger partial charge in [-0.25, -0.2) is 0 Å². The number of hydrogen-bond acceptors (Lipinski definition) is 7. The highest BCUT2D eigenvalue weighted by Crippen LogP contribution is 2.26. The maximum absolute atomic E-state index is 11.6. The Labute approximate surface area is 178 Å². The summed E-state index contributed by atoms with van der Waals surface area (Å²) in [7, 11) is 0. The van der Waals surface area contributed by atoms with Gasteiger partial charge in [-0.3, -0.25) is 14.9 Å². The van der Waals surface area contributed by atoms with Crippen LogP contribution in [0.3, 0.4) is 0 Å². The number of hydrogen-bond donors (Lipinski definition) is 1. The van der Waals surface area contributed by atoms with Gasteiger partial charge in [0.25, 0.3) is 17.2 Å². The van der Waals surface area contributed by atoms with E-state index in [1.165, 1.54) is 0 Å². The molecule has 4 rings (SSSR count). The van der Waals surface area contributed by atoms with E-state index in [1.807, 2.05) is 48.5 Å². The van der Waals surface area contributed by atoms with Gasteiger partial charge in [0, 0.05) is 6.04 Å². The number of carbonyl (C=O) groups excluding carboxylic acids is 2. The SMILES string of the molecule is CC(C)N(CCOc1ccc(C=C2SC(=O)NC2=O)cc1)c1nc2ccccc2o1. The maximum atomic E-state index is 11.6. The molecule has 30 heavy (non-hydrogen) atoms. The third-order valence-corrected chi connectivity index (χ3v) is 5.38. The molecule has 3 aromatic rings. The number of imide groups is 1. The van der Waals surface area contributed by atoms with Crippen LogP contribution in [-0.2, 0) is 4.79 Å². The van der Waals surface area contributed by atoms with Crippen LogP contribution < -0.4 is 15.0 Å². The molecule has 0 atom stereocenters. The summed E-state index contributed by atoms with van der Waals surface area (Å²) in [6.07, 6.45) is 1.68. The molecule has 0 radical (unpaired) electrons. The number of para-hydroxylation sites is 2. The first-order valence-electron chi connectivity index (χ1n) is 9.59. The molecule has 0 unspecified atom stereocenters. The first-order chi connectivity index (χ1) is 14.5. The van der Waals surface area contributed by atoms with Crippen LogP contribution in [0.2, 0.25) is 0 Å². The average molecular weight is 423 g/mol. The van der Waals surface area contributed by atoms with Crippen molar-refractivity contribution in [2.45, 2.75) is 19.9 Å². The molecule has 1 fully saturated rings. The van der Waals surface area contributed by atoms with Crippen LogP contribution in [0.25, 0.3) is 17.2 Å². The van der Waals surface area contributed by atoms with Gasteiger partial charge in [0.1, 0.15) is 17.9 Å². The Morgan fingerprint density at radius 3 is 2.60 bits per heavy atom. The van der Waals surface area contributed by atoms with Gasteiger partial charge in [0.15, 0.2) is 5.58 Å². The molecular formula is C22H21N3O4S. The standard InChI is InChI=1S/C22H21N3O4S/c1-14(2)25(21-23-17-5-3-4-6-18(17)29-21)11-12-28-16-9-7-15(8-10-16)13-19-20(26)24-22(27)30-19/h3-10,13-14H,11-12H2,1-2H3,(H,24,26,27). The molecule has 1 aliphatic heterocycles. The van der Waals surface area contributed by atoms with E-state index in [-0.39, 0.29) is 17.2 Å². The topological polar surface area (TPSA) is 84.7 Å². The molecule has 0 saturated carbocycles. The molecule has 8 heteroatoms. The largest absolute Gasteiger partial charge is 0.492 e. The van der Waals surface area contributed by atoms with Crippen molar-refractivity contribution in [2.75, 3.05) is 18.1 Å². The molecule has 1 aliphatic rings. The van der Waals surface area contributed by atoms with Crippen molar-refractivity contribution in [3.63, 3.8) is 0 Å². The number of benzene rings is 2. The molecule has 2 heterocycles. The maximum Gasteiger partial charge on any atom is 0.298 e. The van der Waals surface area contributed by atoms with Gasteiger partial charge in [-0.05, 0) is 61.5 Å². The Kier molecular flexibility index (Phi) is 5.76. The Balaban J connectivity index is 1.37. The van der Waals surface area contributed by atoms with Gasteiger partial charge in [-0.1, -0.05) is 24.3 Å². The summed E-state index contributed by atoms with van der Waals surface area (Å²) in [4.78, 5) is 29.9. The van der Waals surface area contributed by atoms with Crippen molar-refractivity contribution in [1.29, 1.82) is 0 Å².